The van der Waals surface area contributed by atoms with E-state index < -0.39 is 181 Å². The molecule has 1 aliphatic rings. The molecular formula is C51H87ClN12O19. The predicted molar refractivity (Wildman–Crippen MR) is 295 cm³/mol. The van der Waals surface area contributed by atoms with Crippen LogP contribution < -0.4 is 65.1 Å². The number of ether oxygens (including phenoxy) is 1. The number of cyclic esters (lactones) is 1. The van der Waals surface area contributed by atoms with Crippen LogP contribution in [0.3, 0.4) is 0 Å². The Kier molecular flexibility index (Phi) is 36.4. The molecule has 0 spiro atoms. The number of rotatable bonds is 28. The van der Waals surface area contributed by atoms with Crippen LogP contribution in [0.5, 0.6) is 0 Å². The number of alkyl halides is 1. The largest absolute Gasteiger partial charge is 0.481 e. The van der Waals surface area contributed by atoms with Gasteiger partial charge < -0.3 is 100 Å². The molecule has 9 amide bonds. The summed E-state index contributed by atoms with van der Waals surface area (Å²) in [5.41, 5.74) is 16.4. The van der Waals surface area contributed by atoms with Crippen molar-refractivity contribution < 1.29 is 92.9 Å². The number of hydrogen-bond donors (Lipinski definition) is 18. The Bertz CT molecular complexity index is 2190. The van der Waals surface area contributed by atoms with E-state index in [1.165, 1.54) is 6.92 Å². The second-order valence-corrected chi connectivity index (χ2v) is 20.2. The van der Waals surface area contributed by atoms with Gasteiger partial charge in [0.2, 0.25) is 47.3 Å². The highest BCUT2D eigenvalue weighted by atomic mass is 35.5. The first-order valence-electron chi connectivity index (χ1n) is 27.7. The summed E-state index contributed by atoms with van der Waals surface area (Å²) in [6, 6.07) is -15.8. The van der Waals surface area contributed by atoms with E-state index in [1.807, 2.05) is 10.6 Å². The van der Waals surface area contributed by atoms with Crippen LogP contribution in [-0.2, 0) is 62.3 Å². The number of nitrogens with two attached hydrogens (primary N) is 3. The molecule has 1 fully saturated rings. The van der Waals surface area contributed by atoms with E-state index in [2.05, 4.69) is 44.1 Å². The number of carbonyl (C=O) groups excluding carboxylic acids is 10. The topological polar surface area (TPSA) is 522 Å². The van der Waals surface area contributed by atoms with Gasteiger partial charge in [0.1, 0.15) is 54.6 Å². The van der Waals surface area contributed by atoms with Crippen LogP contribution in [0.1, 0.15) is 130 Å². The minimum Gasteiger partial charge on any atom is -0.481 e. The van der Waals surface area contributed by atoms with Crippen molar-refractivity contribution >= 4 is 82.7 Å². The molecule has 0 aromatic carbocycles. The average molecular weight is 1210 g/mol. The third-order valence-corrected chi connectivity index (χ3v) is 13.3. The minimum absolute atomic E-state index is 0.123. The maximum absolute atomic E-state index is 14.1. The summed E-state index contributed by atoms with van der Waals surface area (Å²) in [7, 11) is 0. The van der Waals surface area contributed by atoms with Crippen LogP contribution in [0.25, 0.3) is 0 Å². The number of hydrogen-bond acceptors (Lipinski definition) is 20. The second kappa shape index (κ2) is 40.6. The quantitative estimate of drug-likeness (QED) is 0.0151. The molecule has 0 radical (unpaired) electrons. The third-order valence-electron chi connectivity index (χ3n) is 13.0. The van der Waals surface area contributed by atoms with Gasteiger partial charge in [0.25, 0.3) is 5.91 Å². The van der Waals surface area contributed by atoms with Gasteiger partial charge >= 0.3 is 17.9 Å². The van der Waals surface area contributed by atoms with Gasteiger partial charge in [-0.3, -0.25) is 47.9 Å². The van der Waals surface area contributed by atoms with Crippen molar-refractivity contribution in [3.8, 4) is 0 Å². The zero-order valence-corrected chi connectivity index (χ0v) is 47.9. The molecule has 1 aliphatic heterocycles. The number of carbonyl (C=O) groups is 12. The first kappa shape index (κ1) is 74.4. The molecule has 31 nitrogen and oxygen atoms in total. The van der Waals surface area contributed by atoms with E-state index in [1.54, 1.807) is 0 Å². The highest BCUT2D eigenvalue weighted by molar-refractivity contribution is 6.18. The van der Waals surface area contributed by atoms with Crippen molar-refractivity contribution in [3.05, 3.63) is 11.8 Å². The lowest BCUT2D eigenvalue weighted by molar-refractivity contribution is -0.155. The van der Waals surface area contributed by atoms with Gasteiger partial charge in [0, 0.05) is 0 Å². The van der Waals surface area contributed by atoms with Crippen molar-refractivity contribution in [2.45, 2.75) is 203 Å². The first-order valence-corrected chi connectivity index (χ1v) is 28.2. The molecule has 32 heteroatoms. The van der Waals surface area contributed by atoms with Crippen LogP contribution in [0, 0.1) is 0 Å². The van der Waals surface area contributed by atoms with Crippen LogP contribution in [0.15, 0.2) is 11.8 Å². The fraction of sp³-hybridized carbons (Fsp3) is 0.725. The molecule has 0 aromatic heterocycles. The van der Waals surface area contributed by atoms with Crippen molar-refractivity contribution in [2.24, 2.45) is 17.2 Å². The number of aliphatic hydroxyl groups excluding tert-OH is 4. The lowest BCUT2D eigenvalue weighted by atomic mass is 10.0. The molecule has 1 rings (SSSR count). The van der Waals surface area contributed by atoms with Crippen molar-refractivity contribution in [2.75, 3.05) is 32.1 Å². The Morgan fingerprint density at radius 1 is 0.627 bits per heavy atom. The van der Waals surface area contributed by atoms with Gasteiger partial charge in [0.05, 0.1) is 37.0 Å². The molecule has 0 unspecified atom stereocenters. The molecule has 0 aliphatic carbocycles. The number of carboxylic acids is 2. The molecule has 12 atom stereocenters. The number of amides is 9. The van der Waals surface area contributed by atoms with E-state index in [0.29, 0.717) is 12.8 Å². The Balaban J connectivity index is 4.01. The van der Waals surface area contributed by atoms with Crippen LogP contribution in [-0.4, -0.2) is 207 Å². The van der Waals surface area contributed by atoms with Crippen molar-refractivity contribution in [1.82, 2.24) is 47.9 Å². The zero-order chi connectivity index (χ0) is 62.8. The Hall–Kier alpha value is -6.61. The van der Waals surface area contributed by atoms with Gasteiger partial charge in [-0.05, 0) is 72.0 Å². The highest BCUT2D eigenvalue weighted by Gasteiger charge is 2.41. The lowest BCUT2D eigenvalue weighted by Gasteiger charge is -2.28. The van der Waals surface area contributed by atoms with Gasteiger partial charge in [-0.15, -0.1) is 11.6 Å². The fourth-order valence-corrected chi connectivity index (χ4v) is 8.41. The Morgan fingerprint density at radius 3 is 1.64 bits per heavy atom. The summed E-state index contributed by atoms with van der Waals surface area (Å²) in [6.45, 7) is 2.61. The SMILES string of the molecule is C/C=C1\NC(=O)[C@H]([C@H](C)O)NC(=O)[C@@H](CCN)NC(=O)[C@@H](CCCCN)NC(=O)[C@@H](CC(=O)O)NC(=O)[C@@H](CCN)NC(=O)[C@@H](NC(=O)C[C@H](O)CCCCCCCCCCC)COC(=O)[C@@H]([C@H](O)CCl)NC(=O)[C@H]([C@H](O)C(=O)O)NC1=O. The Morgan fingerprint density at radius 2 is 1.13 bits per heavy atom. The number of aliphatic carboxylic acids is 2. The smallest absolute Gasteiger partial charge is 0.335 e. The number of carboxylic acid groups (broad SMARTS) is 2. The summed E-state index contributed by atoms with van der Waals surface area (Å²) in [5, 5.41) is 82.1. The fourth-order valence-electron chi connectivity index (χ4n) is 8.23. The molecule has 0 bridgehead atoms. The number of unbranched alkanes of at least 4 members (excludes halogenated alkanes) is 9. The molecule has 83 heavy (non-hydrogen) atoms. The summed E-state index contributed by atoms with van der Waals surface area (Å²) in [6.07, 6.45) is -0.358. The Labute approximate surface area is 485 Å². The number of halogens is 1. The summed E-state index contributed by atoms with van der Waals surface area (Å²) in [4.78, 5) is 162. The maximum atomic E-state index is 14.1. The highest BCUT2D eigenvalue weighted by Crippen LogP contribution is 2.14. The van der Waals surface area contributed by atoms with E-state index >= 15 is 0 Å². The molecule has 0 aromatic rings. The number of esters is 1. The molecule has 472 valence electrons. The maximum Gasteiger partial charge on any atom is 0.335 e. The van der Waals surface area contributed by atoms with Crippen LogP contribution in [0.4, 0.5) is 0 Å². The number of aliphatic hydroxyl groups is 4. The van der Waals surface area contributed by atoms with Crippen molar-refractivity contribution in [3.63, 3.8) is 0 Å². The molecule has 21 N–H and O–H groups in total. The summed E-state index contributed by atoms with van der Waals surface area (Å²) >= 11 is 5.85. The zero-order valence-electron chi connectivity index (χ0n) is 47.2. The monoisotopic (exact) mass is 1210 g/mol. The predicted octanol–water partition coefficient (Wildman–Crippen LogP) is -5.16. The van der Waals surface area contributed by atoms with E-state index in [4.69, 9.17) is 33.5 Å². The van der Waals surface area contributed by atoms with E-state index in [9.17, 15) is 88.2 Å². The molecular weight excluding hydrogens is 1120 g/mol. The minimum atomic E-state index is -2.83. The summed E-state index contributed by atoms with van der Waals surface area (Å²) in [5.74, 6) is -17.8. The standard InChI is InChI=1S/C51H87ClN12O19/c1-4-6-7-8-9-10-11-12-13-16-28(66)23-36(68)56-34-26-83-51(82)39(35(67)25-52)63-49(79)40(41(71)50(80)81)64-42(72)29(5-2)57-48(78)38(27(3)65)62-45(75)32(19-22-55)59-43(73)30(17-14-15-20-53)58-46(76)33(24-37(69)70)61-44(74)31(18-21-54)60-47(34)77/h5,27-28,30-35,38-41,65-67,71H,4,6-26,53-55H2,1-3H3,(H,56,68)(H,57,78)(H,58,76)(H,59,73)(H,60,77)(H,61,74)(H,62,75)(H,63,79)(H,64,72)(H,69,70)(H,80,81)/b29-5-/t27-,28+,30+,31+,32+,33+,34-,35+,38-,39+,40-,41-/m0/s1. The number of nitrogens with one attached hydrogen (secondary N) is 9. The first-order chi connectivity index (χ1) is 39.3. The van der Waals surface area contributed by atoms with Crippen LogP contribution in [0.2, 0.25) is 0 Å². The third kappa shape index (κ3) is 28.0. The molecule has 0 saturated carbocycles. The van der Waals surface area contributed by atoms with E-state index in [-0.39, 0.29) is 45.3 Å². The normalized spacial score (nSPS) is 24.5. The molecule has 1 saturated heterocycles. The lowest BCUT2D eigenvalue weighted by Crippen LogP contribution is -2.62. The van der Waals surface area contributed by atoms with Gasteiger partial charge in [-0.1, -0.05) is 70.8 Å². The van der Waals surface area contributed by atoms with Gasteiger partial charge in [0.15, 0.2) is 12.1 Å². The van der Waals surface area contributed by atoms with Gasteiger partial charge in [-0.2, -0.15) is 0 Å². The second-order valence-electron chi connectivity index (χ2n) is 19.9. The van der Waals surface area contributed by atoms with E-state index in [0.717, 1.165) is 64.4 Å². The van der Waals surface area contributed by atoms with Gasteiger partial charge in [-0.25, -0.2) is 9.59 Å². The van der Waals surface area contributed by atoms with Crippen LogP contribution >= 0.6 is 11.6 Å². The number of allylic oxidation sites excluding steroid dienone is 1. The average Bonchev–Trinajstić information content (AvgIpc) is 3.52. The molecule has 1 heterocycles. The van der Waals surface area contributed by atoms with Crippen molar-refractivity contribution in [1.29, 1.82) is 0 Å². The summed E-state index contributed by atoms with van der Waals surface area (Å²) < 4.78 is 5.27.